The van der Waals surface area contributed by atoms with Crippen LogP contribution >= 0.6 is 11.8 Å². The van der Waals surface area contributed by atoms with Crippen LogP contribution < -0.4 is 10.2 Å². The molecule has 168 valence electrons. The quantitative estimate of drug-likeness (QED) is 0.503. The highest BCUT2D eigenvalue weighted by molar-refractivity contribution is 8.04. The average molecular weight is 450 g/mol. The van der Waals surface area contributed by atoms with Gasteiger partial charge < -0.3 is 10.2 Å². The summed E-state index contributed by atoms with van der Waals surface area (Å²) in [4.78, 5) is 31.6. The Labute approximate surface area is 194 Å². The second-order valence-corrected chi connectivity index (χ2v) is 9.72. The van der Waals surface area contributed by atoms with Gasteiger partial charge in [0, 0.05) is 18.0 Å². The van der Waals surface area contributed by atoms with Gasteiger partial charge in [-0.25, -0.2) is 0 Å². The summed E-state index contributed by atoms with van der Waals surface area (Å²) in [5.41, 5.74) is 1.77. The van der Waals surface area contributed by atoms with E-state index in [0.29, 0.717) is 11.4 Å². The molecule has 2 aromatic rings. The van der Waals surface area contributed by atoms with E-state index >= 15 is 0 Å². The summed E-state index contributed by atoms with van der Waals surface area (Å²) in [6.45, 7) is 6.29. The molecule has 5 nitrogen and oxygen atoms in total. The highest BCUT2D eigenvalue weighted by Gasteiger charge is 2.30. The van der Waals surface area contributed by atoms with Crippen LogP contribution in [0.5, 0.6) is 0 Å². The van der Waals surface area contributed by atoms with Crippen LogP contribution in [0.1, 0.15) is 31.7 Å². The van der Waals surface area contributed by atoms with Gasteiger partial charge in [0.25, 0.3) is 5.91 Å². The van der Waals surface area contributed by atoms with E-state index in [1.54, 1.807) is 4.90 Å². The summed E-state index contributed by atoms with van der Waals surface area (Å²) in [5, 5.41) is 3.01. The molecule has 0 unspecified atom stereocenters. The number of likely N-dealkylation sites (tertiary alicyclic amines) is 1. The molecule has 2 aliphatic heterocycles. The number of anilines is 1. The number of benzene rings is 2. The molecule has 1 fully saturated rings. The summed E-state index contributed by atoms with van der Waals surface area (Å²) < 4.78 is 0. The van der Waals surface area contributed by atoms with Gasteiger partial charge in [0.2, 0.25) is 5.91 Å². The van der Waals surface area contributed by atoms with Crippen molar-refractivity contribution in [3.63, 3.8) is 0 Å². The SMILES string of the molecule is C[C@H]1CCCN(CCCNC(=O)CN2C(=O)/C(=C/c3ccccc3)Sc3ccccc32)C1. The molecule has 0 bridgehead atoms. The number of rotatable bonds is 7. The van der Waals surface area contributed by atoms with Crippen molar-refractivity contribution in [1.82, 2.24) is 10.2 Å². The molecular weight excluding hydrogens is 418 g/mol. The summed E-state index contributed by atoms with van der Waals surface area (Å²) in [6, 6.07) is 17.6. The second-order valence-electron chi connectivity index (χ2n) is 8.63. The van der Waals surface area contributed by atoms with Crippen LogP contribution in [-0.4, -0.2) is 49.4 Å². The number of thioether (sulfide) groups is 1. The number of piperidine rings is 1. The number of amides is 2. The molecule has 1 atom stereocenters. The normalized spacial score (nSPS) is 20.3. The molecule has 0 aliphatic carbocycles. The van der Waals surface area contributed by atoms with Crippen molar-refractivity contribution in [2.45, 2.75) is 31.1 Å². The molecule has 2 aromatic carbocycles. The smallest absolute Gasteiger partial charge is 0.265 e. The zero-order valence-electron chi connectivity index (χ0n) is 18.6. The number of hydrogen-bond donors (Lipinski definition) is 1. The van der Waals surface area contributed by atoms with Crippen LogP contribution in [0.15, 0.2) is 64.4 Å². The van der Waals surface area contributed by atoms with Crippen LogP contribution in [0.25, 0.3) is 6.08 Å². The molecule has 2 amide bonds. The zero-order chi connectivity index (χ0) is 22.3. The fourth-order valence-corrected chi connectivity index (χ4v) is 5.40. The monoisotopic (exact) mass is 449 g/mol. The lowest BCUT2D eigenvalue weighted by Gasteiger charge is -2.31. The third-order valence-electron chi connectivity index (χ3n) is 5.95. The first-order valence-corrected chi connectivity index (χ1v) is 12.3. The number of carbonyl (C=O) groups is 2. The fraction of sp³-hybridized carbons (Fsp3) is 0.385. The Balaban J connectivity index is 1.37. The van der Waals surface area contributed by atoms with E-state index in [1.807, 2.05) is 60.7 Å². The molecule has 32 heavy (non-hydrogen) atoms. The minimum absolute atomic E-state index is 0.0310. The molecule has 1 saturated heterocycles. The molecule has 4 rings (SSSR count). The van der Waals surface area contributed by atoms with Gasteiger partial charge in [-0.15, -0.1) is 0 Å². The van der Waals surface area contributed by atoms with Gasteiger partial charge >= 0.3 is 0 Å². The third-order valence-corrected chi connectivity index (χ3v) is 7.02. The topological polar surface area (TPSA) is 52.7 Å². The van der Waals surface area contributed by atoms with Gasteiger partial charge in [-0.2, -0.15) is 0 Å². The minimum atomic E-state index is -0.130. The van der Waals surface area contributed by atoms with Gasteiger partial charge in [-0.1, -0.05) is 61.2 Å². The highest BCUT2D eigenvalue weighted by atomic mass is 32.2. The number of hydrogen-bond acceptors (Lipinski definition) is 4. The largest absolute Gasteiger partial charge is 0.355 e. The van der Waals surface area contributed by atoms with Gasteiger partial charge in [-0.05, 0) is 62.0 Å². The number of nitrogens with one attached hydrogen (secondary N) is 1. The van der Waals surface area contributed by atoms with Gasteiger partial charge in [0.05, 0.1) is 10.6 Å². The Bertz CT molecular complexity index is 976. The zero-order valence-corrected chi connectivity index (χ0v) is 19.4. The maximum Gasteiger partial charge on any atom is 0.265 e. The first-order valence-electron chi connectivity index (χ1n) is 11.4. The van der Waals surface area contributed by atoms with Crippen LogP contribution in [0, 0.1) is 5.92 Å². The molecule has 6 heteroatoms. The molecule has 0 saturated carbocycles. The molecule has 0 spiro atoms. The third kappa shape index (κ3) is 5.81. The molecular formula is C26H31N3O2S. The van der Waals surface area contributed by atoms with Gasteiger partial charge in [0.1, 0.15) is 6.54 Å². The number of nitrogens with zero attached hydrogens (tertiary/aromatic N) is 2. The summed E-state index contributed by atoms with van der Waals surface area (Å²) in [5.74, 6) is 0.515. The van der Waals surface area contributed by atoms with Crippen molar-refractivity contribution in [3.05, 3.63) is 65.1 Å². The lowest BCUT2D eigenvalue weighted by molar-refractivity contribution is -0.122. The molecule has 0 radical (unpaired) electrons. The van der Waals surface area contributed by atoms with Gasteiger partial charge in [0.15, 0.2) is 0 Å². The standard InChI is InChI=1S/C26H31N3O2S/c1-20-9-7-15-28(18-20)16-8-14-27-25(30)19-29-22-12-5-6-13-23(22)32-24(26(29)31)17-21-10-3-2-4-11-21/h2-6,10-13,17,20H,7-9,14-16,18-19H2,1H3,(H,27,30)/b24-17-/t20-/m0/s1. The average Bonchev–Trinajstić information content (AvgIpc) is 2.80. The van der Waals surface area contributed by atoms with Crippen molar-refractivity contribution in [2.75, 3.05) is 37.6 Å². The predicted molar refractivity (Wildman–Crippen MR) is 132 cm³/mol. The van der Waals surface area contributed by atoms with Crippen LogP contribution in [0.2, 0.25) is 0 Å². The highest BCUT2D eigenvalue weighted by Crippen LogP contribution is 2.41. The van der Waals surface area contributed by atoms with Crippen molar-refractivity contribution >= 4 is 35.3 Å². The van der Waals surface area contributed by atoms with E-state index in [1.165, 1.54) is 24.6 Å². The molecule has 1 N–H and O–H groups in total. The van der Waals surface area contributed by atoms with E-state index in [-0.39, 0.29) is 18.4 Å². The number of para-hydroxylation sites is 1. The first kappa shape index (κ1) is 22.6. The van der Waals surface area contributed by atoms with E-state index in [4.69, 9.17) is 0 Å². The fourth-order valence-electron chi connectivity index (χ4n) is 4.34. The lowest BCUT2D eigenvalue weighted by Crippen LogP contribution is -2.43. The van der Waals surface area contributed by atoms with Crippen molar-refractivity contribution in [3.8, 4) is 0 Å². The number of fused-ring (bicyclic) bond motifs is 1. The minimum Gasteiger partial charge on any atom is -0.355 e. The first-order chi connectivity index (χ1) is 15.6. The summed E-state index contributed by atoms with van der Waals surface area (Å²) in [6.07, 6.45) is 5.41. The van der Waals surface area contributed by atoms with Gasteiger partial charge in [-0.3, -0.25) is 14.5 Å². The number of carbonyl (C=O) groups excluding carboxylic acids is 2. The maximum absolute atomic E-state index is 13.2. The Kier molecular flexibility index (Phi) is 7.66. The van der Waals surface area contributed by atoms with Crippen molar-refractivity contribution in [1.29, 1.82) is 0 Å². The van der Waals surface area contributed by atoms with E-state index < -0.39 is 0 Å². The van der Waals surface area contributed by atoms with E-state index in [0.717, 1.165) is 48.1 Å². The maximum atomic E-state index is 13.2. The molecule has 2 heterocycles. The van der Waals surface area contributed by atoms with Crippen LogP contribution in [-0.2, 0) is 9.59 Å². The van der Waals surface area contributed by atoms with Crippen LogP contribution in [0.3, 0.4) is 0 Å². The second kappa shape index (κ2) is 10.8. The Morgan fingerprint density at radius 1 is 1.16 bits per heavy atom. The van der Waals surface area contributed by atoms with Crippen LogP contribution in [0.4, 0.5) is 5.69 Å². The predicted octanol–water partition coefficient (Wildman–Crippen LogP) is 4.40. The Morgan fingerprint density at radius 2 is 1.94 bits per heavy atom. The Morgan fingerprint density at radius 3 is 2.75 bits per heavy atom. The molecule has 0 aromatic heterocycles. The summed E-state index contributed by atoms with van der Waals surface area (Å²) in [7, 11) is 0. The van der Waals surface area contributed by atoms with E-state index in [2.05, 4.69) is 17.1 Å². The van der Waals surface area contributed by atoms with Crippen molar-refractivity contribution in [2.24, 2.45) is 5.92 Å². The summed E-state index contributed by atoms with van der Waals surface area (Å²) >= 11 is 1.46. The lowest BCUT2D eigenvalue weighted by atomic mass is 10.0. The van der Waals surface area contributed by atoms with Crippen molar-refractivity contribution < 1.29 is 9.59 Å². The Hall–Kier alpha value is -2.57. The molecule has 2 aliphatic rings. The van der Waals surface area contributed by atoms with E-state index in [9.17, 15) is 9.59 Å².